The van der Waals surface area contributed by atoms with Crippen molar-refractivity contribution in [2.75, 3.05) is 10.5 Å². The fraction of sp³-hybridized carbons (Fsp3) is 0.500. The highest BCUT2D eigenvalue weighted by Crippen LogP contribution is 2.25. The molecule has 0 fully saturated rings. The Hall–Kier alpha value is -1.68. The first kappa shape index (κ1) is 20.4. The number of carboxylic acids is 1. The predicted octanol–water partition coefficient (Wildman–Crippen LogP) is 2.13. The molecule has 0 aromatic heterocycles. The van der Waals surface area contributed by atoms with Crippen LogP contribution in [0.5, 0.6) is 0 Å². The minimum atomic E-state index is -4.34. The van der Waals surface area contributed by atoms with Crippen LogP contribution in [-0.2, 0) is 19.9 Å². The van der Waals surface area contributed by atoms with Crippen LogP contribution >= 0.6 is 0 Å². The number of halogens is 1. The summed E-state index contributed by atoms with van der Waals surface area (Å²) in [6.07, 6.45) is 0.108. The van der Waals surface area contributed by atoms with E-state index in [1.54, 1.807) is 6.92 Å². The molecule has 1 atom stereocenters. The molecule has 0 saturated carbocycles. The molecule has 2 N–H and O–H groups in total. The number of rotatable bonds is 8. The van der Waals surface area contributed by atoms with Crippen LogP contribution in [0.1, 0.15) is 42.6 Å². The van der Waals surface area contributed by atoms with Crippen molar-refractivity contribution >= 4 is 31.5 Å². The molecule has 0 radical (unpaired) electrons. The van der Waals surface area contributed by atoms with Crippen LogP contribution in [0, 0.1) is 12.7 Å². The summed E-state index contributed by atoms with van der Waals surface area (Å²) in [5.41, 5.74) is -0.965. The van der Waals surface area contributed by atoms with E-state index in [4.69, 9.17) is 5.11 Å². The second kappa shape index (κ2) is 7.47. The third-order valence-electron chi connectivity index (χ3n) is 3.45. The highest BCUT2D eigenvalue weighted by atomic mass is 32.3. The molecule has 136 valence electrons. The number of nitrogens with one attached hydrogen (secondary N) is 1. The Morgan fingerprint density at radius 3 is 2.29 bits per heavy atom. The molecule has 0 aliphatic carbocycles. The summed E-state index contributed by atoms with van der Waals surface area (Å²) >= 11 is 0. The van der Waals surface area contributed by atoms with Gasteiger partial charge in [0.25, 0.3) is 0 Å². The van der Waals surface area contributed by atoms with Crippen LogP contribution in [0.4, 0.5) is 10.1 Å². The van der Waals surface area contributed by atoms with Crippen molar-refractivity contribution in [3.05, 3.63) is 29.1 Å². The van der Waals surface area contributed by atoms with E-state index in [0.717, 1.165) is 12.1 Å². The summed E-state index contributed by atoms with van der Waals surface area (Å²) in [6, 6.07) is 1.88. The molecule has 0 bridgehead atoms. The van der Waals surface area contributed by atoms with Gasteiger partial charge in [-0.1, -0.05) is 13.8 Å². The molecule has 0 spiro atoms. The van der Waals surface area contributed by atoms with Crippen molar-refractivity contribution in [3.8, 4) is 0 Å². The summed E-state index contributed by atoms with van der Waals surface area (Å²) < 4.78 is 63.2. The van der Waals surface area contributed by atoms with Crippen molar-refractivity contribution in [1.29, 1.82) is 0 Å². The zero-order chi connectivity index (χ0) is 18.7. The van der Waals surface area contributed by atoms with E-state index < -0.39 is 41.8 Å². The average molecular weight is 381 g/mol. The number of sulfone groups is 1. The largest absolute Gasteiger partial charge is 0.478 e. The number of hydrogen-bond acceptors (Lipinski definition) is 5. The molecule has 0 aliphatic heterocycles. The molecule has 10 heteroatoms. The molecule has 24 heavy (non-hydrogen) atoms. The zero-order valence-corrected chi connectivity index (χ0v) is 15.2. The maximum absolute atomic E-state index is 13.6. The number of carbonyl (C=O) groups is 1. The minimum Gasteiger partial charge on any atom is -0.478 e. The Morgan fingerprint density at radius 2 is 1.83 bits per heavy atom. The number of benzene rings is 1. The SMILES string of the molecule is CCCS(=O)(=O)C(CC)S(=O)(=O)Nc1ccc(F)c(C(=O)O)c1C. The van der Waals surface area contributed by atoms with Crippen molar-refractivity contribution in [3.63, 3.8) is 0 Å². The van der Waals surface area contributed by atoms with Gasteiger partial charge in [0.15, 0.2) is 14.4 Å². The monoisotopic (exact) mass is 381 g/mol. The number of carboxylic acid groups (broad SMARTS) is 1. The quantitative estimate of drug-likeness (QED) is 0.712. The summed E-state index contributed by atoms with van der Waals surface area (Å²) in [6.45, 7) is 4.29. The average Bonchev–Trinajstić information content (AvgIpc) is 2.41. The van der Waals surface area contributed by atoms with Gasteiger partial charge in [0.05, 0.1) is 11.4 Å². The Morgan fingerprint density at radius 1 is 1.25 bits per heavy atom. The second-order valence-corrected chi connectivity index (χ2v) is 9.72. The molecule has 0 aliphatic rings. The molecular formula is C14H20FNO6S2. The third-order valence-corrected chi connectivity index (χ3v) is 8.73. The van der Waals surface area contributed by atoms with Gasteiger partial charge in [-0.05, 0) is 37.5 Å². The number of sulfonamides is 1. The summed E-state index contributed by atoms with van der Waals surface area (Å²) in [4.78, 5) is 11.1. The number of aromatic carboxylic acids is 1. The maximum Gasteiger partial charge on any atom is 0.339 e. The molecule has 0 saturated heterocycles. The molecular weight excluding hydrogens is 361 g/mol. The first-order valence-electron chi connectivity index (χ1n) is 7.23. The zero-order valence-electron chi connectivity index (χ0n) is 13.5. The molecule has 0 heterocycles. The van der Waals surface area contributed by atoms with Gasteiger partial charge in [0, 0.05) is 0 Å². The molecule has 7 nitrogen and oxygen atoms in total. The Balaban J connectivity index is 3.34. The van der Waals surface area contributed by atoms with Crippen molar-refractivity contribution in [2.45, 2.75) is 38.2 Å². The number of hydrogen-bond donors (Lipinski definition) is 2. The van der Waals surface area contributed by atoms with Gasteiger partial charge >= 0.3 is 5.97 Å². The van der Waals surface area contributed by atoms with Crippen LogP contribution in [0.2, 0.25) is 0 Å². The Labute approximate surface area is 140 Å². The Kier molecular flexibility index (Phi) is 6.34. The smallest absolute Gasteiger partial charge is 0.339 e. The minimum absolute atomic E-state index is 0.131. The van der Waals surface area contributed by atoms with Crippen molar-refractivity contribution in [1.82, 2.24) is 0 Å². The van der Waals surface area contributed by atoms with Gasteiger partial charge in [0.1, 0.15) is 11.4 Å². The first-order chi connectivity index (χ1) is 11.0. The van der Waals surface area contributed by atoms with E-state index in [9.17, 15) is 26.0 Å². The maximum atomic E-state index is 13.6. The second-order valence-electron chi connectivity index (χ2n) is 5.25. The lowest BCUT2D eigenvalue weighted by Gasteiger charge is -2.19. The van der Waals surface area contributed by atoms with E-state index in [1.807, 2.05) is 0 Å². The highest BCUT2D eigenvalue weighted by Gasteiger charge is 2.36. The molecule has 1 aromatic rings. The normalized spacial score (nSPS) is 13.5. The Bertz CT molecular complexity index is 833. The van der Waals surface area contributed by atoms with Gasteiger partial charge in [-0.25, -0.2) is 26.0 Å². The van der Waals surface area contributed by atoms with Crippen LogP contribution in [0.25, 0.3) is 0 Å². The fourth-order valence-corrected chi connectivity index (χ4v) is 6.77. The third kappa shape index (κ3) is 4.23. The predicted molar refractivity (Wildman–Crippen MR) is 88.8 cm³/mol. The van der Waals surface area contributed by atoms with E-state index in [-0.39, 0.29) is 29.8 Å². The molecule has 1 unspecified atom stereocenters. The van der Waals surface area contributed by atoms with Crippen molar-refractivity contribution < 1.29 is 31.1 Å². The van der Waals surface area contributed by atoms with Crippen molar-refractivity contribution in [2.24, 2.45) is 0 Å². The topological polar surface area (TPSA) is 118 Å². The van der Waals surface area contributed by atoms with Crippen LogP contribution in [0.3, 0.4) is 0 Å². The first-order valence-corrected chi connectivity index (χ1v) is 10.5. The fourth-order valence-electron chi connectivity index (χ4n) is 2.35. The van der Waals surface area contributed by atoms with Gasteiger partial charge in [-0.2, -0.15) is 0 Å². The van der Waals surface area contributed by atoms with Gasteiger partial charge in [-0.15, -0.1) is 0 Å². The van der Waals surface area contributed by atoms with E-state index in [0.29, 0.717) is 0 Å². The van der Waals surface area contributed by atoms with Crippen LogP contribution < -0.4 is 4.72 Å². The van der Waals surface area contributed by atoms with Gasteiger partial charge in [-0.3, -0.25) is 4.72 Å². The highest BCUT2D eigenvalue weighted by molar-refractivity contribution is 8.09. The van der Waals surface area contributed by atoms with Gasteiger partial charge in [0.2, 0.25) is 10.0 Å². The standard InChI is InChI=1S/C14H20FNO6S2/c1-4-8-23(19,20)12(5-2)24(21,22)16-11-7-6-10(15)13(9(11)3)14(17)18/h6-7,12,16H,4-5,8H2,1-3H3,(H,17,18). The van der Waals surface area contributed by atoms with E-state index in [2.05, 4.69) is 4.72 Å². The summed E-state index contributed by atoms with van der Waals surface area (Å²) in [7, 11) is -8.23. The van der Waals surface area contributed by atoms with Crippen LogP contribution in [0.15, 0.2) is 12.1 Å². The summed E-state index contributed by atoms with van der Waals surface area (Å²) in [5.74, 6) is -2.83. The van der Waals surface area contributed by atoms with E-state index >= 15 is 0 Å². The lowest BCUT2D eigenvalue weighted by Crippen LogP contribution is -2.36. The molecule has 1 aromatic carbocycles. The lowest BCUT2D eigenvalue weighted by molar-refractivity contribution is 0.0691. The number of anilines is 1. The lowest BCUT2D eigenvalue weighted by atomic mass is 10.1. The van der Waals surface area contributed by atoms with Gasteiger partial charge < -0.3 is 5.11 Å². The summed E-state index contributed by atoms with van der Waals surface area (Å²) in [5, 5.41) is 9.01. The molecule has 0 amide bonds. The van der Waals surface area contributed by atoms with Crippen LogP contribution in [-0.4, -0.2) is 38.2 Å². The van der Waals surface area contributed by atoms with E-state index in [1.165, 1.54) is 13.8 Å². The molecule has 1 rings (SSSR count).